The lowest BCUT2D eigenvalue weighted by atomic mass is 9.46. The fourth-order valence-corrected chi connectivity index (χ4v) is 9.25. The molecule has 3 fully saturated rings. The molecule has 0 aromatic carbocycles. The molecule has 0 heterocycles. The number of hydrogen-bond acceptors (Lipinski definition) is 3. The van der Waals surface area contributed by atoms with Crippen molar-refractivity contribution in [2.24, 2.45) is 46.3 Å². The molecule has 3 saturated carbocycles. The van der Waals surface area contributed by atoms with E-state index in [1.807, 2.05) is 0 Å². The number of carboxylic acid groups (broad SMARTS) is 1. The minimum atomic E-state index is -0.946. The third kappa shape index (κ3) is 5.37. The Hall–Kier alpha value is -1.32. The van der Waals surface area contributed by atoms with E-state index in [-0.39, 0.29) is 30.3 Å². The average Bonchev–Trinajstić information content (AvgIpc) is 3.15. The van der Waals surface area contributed by atoms with Crippen molar-refractivity contribution in [1.29, 1.82) is 0 Å². The van der Waals surface area contributed by atoms with E-state index in [1.165, 1.54) is 56.9 Å². The van der Waals surface area contributed by atoms with Gasteiger partial charge in [0.1, 0.15) is 6.10 Å². The molecule has 0 amide bonds. The zero-order valence-electron chi connectivity index (χ0n) is 23.0. The van der Waals surface area contributed by atoms with Gasteiger partial charge in [-0.3, -0.25) is 9.59 Å². The zero-order chi connectivity index (χ0) is 25.4. The van der Waals surface area contributed by atoms with Crippen LogP contribution in [0.3, 0.4) is 0 Å². The highest BCUT2D eigenvalue weighted by atomic mass is 16.5. The number of allylic oxidation sites excluding steroid dienone is 1. The summed E-state index contributed by atoms with van der Waals surface area (Å²) >= 11 is 0. The maximum atomic E-state index is 12.1. The van der Waals surface area contributed by atoms with Crippen LogP contribution in [-0.2, 0) is 14.3 Å². The van der Waals surface area contributed by atoms with Crippen molar-refractivity contribution in [3.8, 4) is 0 Å². The van der Waals surface area contributed by atoms with E-state index in [0.717, 1.165) is 54.8 Å². The fraction of sp³-hybridized carbons (Fsp3) is 0.871. The summed E-state index contributed by atoms with van der Waals surface area (Å²) in [5.74, 6) is 3.73. The molecule has 0 aromatic rings. The molecule has 0 unspecified atom stereocenters. The van der Waals surface area contributed by atoms with Crippen molar-refractivity contribution in [3.63, 3.8) is 0 Å². The van der Waals surface area contributed by atoms with Crippen molar-refractivity contribution < 1.29 is 19.4 Å². The minimum absolute atomic E-state index is 0.0334. The number of hydrogen-bond donors (Lipinski definition) is 1. The van der Waals surface area contributed by atoms with Crippen LogP contribution in [0.1, 0.15) is 118 Å². The summed E-state index contributed by atoms with van der Waals surface area (Å²) in [6.07, 6.45) is 16.0. The number of fused-ring (bicyclic) bond motifs is 5. The Morgan fingerprint density at radius 2 is 1.77 bits per heavy atom. The van der Waals surface area contributed by atoms with Gasteiger partial charge in [-0.15, -0.1) is 0 Å². The highest BCUT2D eigenvalue weighted by Crippen LogP contribution is 2.67. The second-order valence-electron chi connectivity index (χ2n) is 13.5. The topological polar surface area (TPSA) is 63.6 Å². The Balaban J connectivity index is 1.41. The van der Waals surface area contributed by atoms with E-state index in [9.17, 15) is 9.59 Å². The Bertz CT molecular complexity index is 815. The predicted molar refractivity (Wildman–Crippen MR) is 140 cm³/mol. The van der Waals surface area contributed by atoms with Crippen molar-refractivity contribution in [1.82, 2.24) is 0 Å². The lowest BCUT2D eigenvalue weighted by Gasteiger charge is -2.59. The van der Waals surface area contributed by atoms with Crippen LogP contribution in [0.25, 0.3) is 0 Å². The quantitative estimate of drug-likeness (QED) is 0.267. The SMILES string of the molecule is CC(C)CCC[C@H](C)[C@H]1CC[C@H]2[C@H]3CCC4=C[C@@H](OC(=O)CCC(=O)O)CC[C@@]4(C)[C@@H]3CC[C@@]12C. The minimum Gasteiger partial charge on any atom is -0.481 e. The van der Waals surface area contributed by atoms with Gasteiger partial charge < -0.3 is 9.84 Å². The Labute approximate surface area is 213 Å². The Morgan fingerprint density at radius 1 is 1.00 bits per heavy atom. The number of rotatable bonds is 9. The van der Waals surface area contributed by atoms with Gasteiger partial charge in [-0.2, -0.15) is 0 Å². The van der Waals surface area contributed by atoms with E-state index in [1.54, 1.807) is 0 Å². The van der Waals surface area contributed by atoms with E-state index in [2.05, 4.69) is 40.7 Å². The smallest absolute Gasteiger partial charge is 0.306 e. The summed E-state index contributed by atoms with van der Waals surface area (Å²) in [6, 6.07) is 0. The molecule has 4 nitrogen and oxygen atoms in total. The summed E-state index contributed by atoms with van der Waals surface area (Å²) < 4.78 is 5.67. The normalized spacial score (nSPS) is 39.3. The Morgan fingerprint density at radius 3 is 2.49 bits per heavy atom. The first-order chi connectivity index (χ1) is 16.5. The van der Waals surface area contributed by atoms with E-state index in [4.69, 9.17) is 9.84 Å². The lowest BCUT2D eigenvalue weighted by Crippen LogP contribution is -2.51. The van der Waals surface area contributed by atoms with Gasteiger partial charge in [0.2, 0.25) is 0 Å². The standard InChI is InChI=1S/C31H50O4/c1-20(2)7-6-8-21(3)25-11-12-26-24-10-9-22-19-23(35-29(34)14-13-28(32)33)15-17-30(22,4)27(24)16-18-31(25,26)5/h19-21,23-27H,6-18H2,1-5H3,(H,32,33)/t21-,23-,24+,25+,26-,27+,30+,31-/m0/s1. The molecule has 4 aliphatic carbocycles. The summed E-state index contributed by atoms with van der Waals surface area (Å²) in [5, 5.41) is 8.83. The third-order valence-corrected chi connectivity index (χ3v) is 11.1. The molecular formula is C31H50O4. The molecule has 198 valence electrons. The molecule has 4 aliphatic rings. The summed E-state index contributed by atoms with van der Waals surface area (Å²) in [5.41, 5.74) is 2.28. The van der Waals surface area contributed by atoms with Gasteiger partial charge in [-0.25, -0.2) is 0 Å². The van der Waals surface area contributed by atoms with Crippen molar-refractivity contribution in [2.75, 3.05) is 0 Å². The van der Waals surface area contributed by atoms with Crippen LogP contribution in [-0.4, -0.2) is 23.1 Å². The summed E-state index contributed by atoms with van der Waals surface area (Å²) in [4.78, 5) is 22.9. The monoisotopic (exact) mass is 486 g/mol. The second-order valence-corrected chi connectivity index (χ2v) is 13.5. The first-order valence-electron chi connectivity index (χ1n) is 14.7. The van der Waals surface area contributed by atoms with Gasteiger partial charge in [0.25, 0.3) is 0 Å². The molecule has 0 saturated heterocycles. The van der Waals surface area contributed by atoms with Gasteiger partial charge in [0, 0.05) is 0 Å². The highest BCUT2D eigenvalue weighted by Gasteiger charge is 2.59. The number of carbonyl (C=O) groups is 2. The first-order valence-corrected chi connectivity index (χ1v) is 14.7. The van der Waals surface area contributed by atoms with Crippen LogP contribution in [0.5, 0.6) is 0 Å². The average molecular weight is 487 g/mol. The van der Waals surface area contributed by atoms with Gasteiger partial charge >= 0.3 is 11.9 Å². The maximum absolute atomic E-state index is 12.1. The highest BCUT2D eigenvalue weighted by molar-refractivity contribution is 5.76. The summed E-state index contributed by atoms with van der Waals surface area (Å²) in [7, 11) is 0. The van der Waals surface area contributed by atoms with Crippen LogP contribution < -0.4 is 0 Å². The molecule has 0 aromatic heterocycles. The molecule has 1 N–H and O–H groups in total. The lowest BCUT2D eigenvalue weighted by molar-refractivity contribution is -0.151. The zero-order valence-corrected chi connectivity index (χ0v) is 23.0. The van der Waals surface area contributed by atoms with Crippen LogP contribution in [0.4, 0.5) is 0 Å². The summed E-state index contributed by atoms with van der Waals surface area (Å²) in [6.45, 7) is 12.4. The first kappa shape index (κ1) is 26.7. The second kappa shape index (κ2) is 10.6. The molecule has 0 spiro atoms. The molecule has 8 atom stereocenters. The van der Waals surface area contributed by atoms with Crippen molar-refractivity contribution in [3.05, 3.63) is 11.6 Å². The molecule has 0 bridgehead atoms. The molecule has 4 heteroatoms. The number of aliphatic carboxylic acids is 1. The third-order valence-electron chi connectivity index (χ3n) is 11.1. The van der Waals surface area contributed by atoms with Gasteiger partial charge in [-0.1, -0.05) is 59.5 Å². The number of carbonyl (C=O) groups excluding carboxylic acids is 1. The maximum Gasteiger partial charge on any atom is 0.306 e. The van der Waals surface area contributed by atoms with Crippen LogP contribution in [0, 0.1) is 46.3 Å². The van der Waals surface area contributed by atoms with E-state index in [0.29, 0.717) is 5.41 Å². The predicted octanol–water partition coefficient (Wildman–Crippen LogP) is 7.80. The van der Waals surface area contributed by atoms with Crippen LogP contribution >= 0.6 is 0 Å². The molecule has 35 heavy (non-hydrogen) atoms. The molecule has 0 radical (unpaired) electrons. The van der Waals surface area contributed by atoms with Crippen molar-refractivity contribution >= 4 is 11.9 Å². The fourth-order valence-electron chi connectivity index (χ4n) is 9.25. The van der Waals surface area contributed by atoms with Gasteiger partial charge in [-0.05, 0) is 104 Å². The van der Waals surface area contributed by atoms with Crippen molar-refractivity contribution in [2.45, 2.75) is 124 Å². The molecular weight excluding hydrogens is 436 g/mol. The Kier molecular flexibility index (Phi) is 8.08. The molecule has 4 rings (SSSR count). The van der Waals surface area contributed by atoms with E-state index < -0.39 is 5.97 Å². The largest absolute Gasteiger partial charge is 0.481 e. The van der Waals surface area contributed by atoms with Gasteiger partial charge in [0.05, 0.1) is 12.8 Å². The van der Waals surface area contributed by atoms with Crippen LogP contribution in [0.2, 0.25) is 0 Å². The van der Waals surface area contributed by atoms with Gasteiger partial charge in [0.15, 0.2) is 0 Å². The number of carboxylic acids is 1. The molecule has 0 aliphatic heterocycles. The number of esters is 1. The van der Waals surface area contributed by atoms with E-state index >= 15 is 0 Å². The number of ether oxygens (including phenoxy) is 1. The van der Waals surface area contributed by atoms with Crippen LogP contribution in [0.15, 0.2) is 11.6 Å².